The Balaban J connectivity index is 4.44. The predicted octanol–water partition coefficient (Wildman–Crippen LogP) is 20.7. The molecule has 0 bridgehead atoms. The van der Waals surface area contributed by atoms with Gasteiger partial charge in [0.15, 0.2) is 6.10 Å². The average molecular weight is 1010 g/mol. The van der Waals surface area contributed by atoms with Crippen LogP contribution in [0.3, 0.4) is 0 Å². The first-order chi connectivity index (χ1) is 36.0. The summed E-state index contributed by atoms with van der Waals surface area (Å²) in [5, 5.41) is 0. The summed E-state index contributed by atoms with van der Waals surface area (Å²) in [4.78, 5) is 38.2. The van der Waals surface area contributed by atoms with Crippen LogP contribution >= 0.6 is 0 Å². The van der Waals surface area contributed by atoms with Crippen molar-refractivity contribution in [1.29, 1.82) is 0 Å². The highest BCUT2D eigenvalue weighted by Crippen LogP contribution is 2.14. The van der Waals surface area contributed by atoms with Gasteiger partial charge in [0, 0.05) is 19.3 Å². The molecule has 1 atom stereocenters. The van der Waals surface area contributed by atoms with E-state index in [1.54, 1.807) is 0 Å². The summed E-state index contributed by atoms with van der Waals surface area (Å²) in [5.74, 6) is -0.932. The number of carbonyl (C=O) groups excluding carboxylic acids is 3. The molecule has 416 valence electrons. The average Bonchev–Trinajstić information content (AvgIpc) is 3.39. The largest absolute Gasteiger partial charge is 0.462 e. The van der Waals surface area contributed by atoms with Gasteiger partial charge in [-0.1, -0.05) is 239 Å². The lowest BCUT2D eigenvalue weighted by Crippen LogP contribution is -2.30. The van der Waals surface area contributed by atoms with E-state index < -0.39 is 6.10 Å². The van der Waals surface area contributed by atoms with Crippen LogP contribution in [0, 0.1) is 0 Å². The number of unbranched alkanes of at least 4 members (excludes halogenated alkanes) is 25. The van der Waals surface area contributed by atoms with E-state index in [0.717, 1.165) is 148 Å². The van der Waals surface area contributed by atoms with Gasteiger partial charge >= 0.3 is 17.9 Å². The lowest BCUT2D eigenvalue weighted by Gasteiger charge is -2.18. The quantitative estimate of drug-likeness (QED) is 0.0261. The van der Waals surface area contributed by atoms with Crippen molar-refractivity contribution in [2.75, 3.05) is 13.2 Å². The number of allylic oxidation sites excluding steroid dienone is 18. The molecule has 0 fully saturated rings. The van der Waals surface area contributed by atoms with Crippen molar-refractivity contribution in [2.24, 2.45) is 0 Å². The standard InChI is InChI=1S/C67H112O6/c1-4-7-10-13-16-19-22-25-27-29-31-33-35-37-39-42-45-48-51-54-57-60-66(69)72-63-64(62-71-65(68)59-56-53-50-47-44-41-24-21-18-15-12-9-6-3)73-67(70)61-58-55-52-49-46-43-40-38-36-34-32-30-28-26-23-20-17-14-11-8-5-2/h7,10,16,19,21,23-27,30-33,36-39,64H,4-6,8-9,11-15,17-18,20,22,28-29,34-35,40-63H2,1-3H3/b10-7-,19-16-,24-21-,26-23-,27-25-,32-30-,33-31-,38-36-,39-37-. The number of rotatable bonds is 54. The minimum Gasteiger partial charge on any atom is -0.462 e. The minimum atomic E-state index is -0.800. The fourth-order valence-corrected chi connectivity index (χ4v) is 8.18. The van der Waals surface area contributed by atoms with Crippen LogP contribution < -0.4 is 0 Å². The molecule has 0 aromatic heterocycles. The molecule has 0 aliphatic heterocycles. The van der Waals surface area contributed by atoms with Crippen molar-refractivity contribution in [3.63, 3.8) is 0 Å². The van der Waals surface area contributed by atoms with Gasteiger partial charge in [-0.15, -0.1) is 0 Å². The summed E-state index contributed by atoms with van der Waals surface area (Å²) in [6.45, 7) is 6.47. The first-order valence-electron chi connectivity index (χ1n) is 30.4. The van der Waals surface area contributed by atoms with Gasteiger partial charge < -0.3 is 14.2 Å². The lowest BCUT2D eigenvalue weighted by atomic mass is 10.1. The van der Waals surface area contributed by atoms with Gasteiger partial charge in [-0.25, -0.2) is 0 Å². The molecule has 6 nitrogen and oxygen atoms in total. The van der Waals surface area contributed by atoms with Crippen LogP contribution in [0.5, 0.6) is 0 Å². The van der Waals surface area contributed by atoms with Crippen LogP contribution in [0.1, 0.15) is 278 Å². The van der Waals surface area contributed by atoms with Crippen LogP contribution in [0.4, 0.5) is 0 Å². The third-order valence-corrected chi connectivity index (χ3v) is 12.7. The monoisotopic (exact) mass is 1010 g/mol. The van der Waals surface area contributed by atoms with Gasteiger partial charge in [-0.2, -0.15) is 0 Å². The summed E-state index contributed by atoms with van der Waals surface area (Å²) in [6.07, 6.45) is 82.2. The van der Waals surface area contributed by atoms with Gasteiger partial charge in [-0.05, 0) is 128 Å². The van der Waals surface area contributed by atoms with Gasteiger partial charge in [0.1, 0.15) is 13.2 Å². The summed E-state index contributed by atoms with van der Waals surface area (Å²) < 4.78 is 16.9. The third-order valence-electron chi connectivity index (χ3n) is 12.7. The highest BCUT2D eigenvalue weighted by atomic mass is 16.6. The lowest BCUT2D eigenvalue weighted by molar-refractivity contribution is -0.167. The smallest absolute Gasteiger partial charge is 0.306 e. The van der Waals surface area contributed by atoms with Crippen LogP contribution in [0.2, 0.25) is 0 Å². The van der Waals surface area contributed by atoms with E-state index in [0.29, 0.717) is 19.3 Å². The van der Waals surface area contributed by atoms with Crippen LogP contribution in [0.15, 0.2) is 109 Å². The first kappa shape index (κ1) is 69.1. The maximum atomic E-state index is 12.9. The number of carbonyl (C=O) groups is 3. The molecule has 0 rings (SSSR count). The first-order valence-corrected chi connectivity index (χ1v) is 30.4. The van der Waals surface area contributed by atoms with Gasteiger partial charge in [0.25, 0.3) is 0 Å². The van der Waals surface area contributed by atoms with Gasteiger partial charge in [0.05, 0.1) is 0 Å². The Morgan fingerprint density at radius 2 is 0.534 bits per heavy atom. The molecule has 0 aromatic carbocycles. The highest BCUT2D eigenvalue weighted by Gasteiger charge is 2.19. The summed E-state index contributed by atoms with van der Waals surface area (Å²) in [5.41, 5.74) is 0. The second-order valence-corrected chi connectivity index (χ2v) is 19.9. The fourth-order valence-electron chi connectivity index (χ4n) is 8.18. The third kappa shape index (κ3) is 58.8. The maximum absolute atomic E-state index is 12.9. The number of hydrogen-bond acceptors (Lipinski definition) is 6. The molecule has 0 aliphatic rings. The molecule has 0 radical (unpaired) electrons. The Labute approximate surface area is 450 Å². The topological polar surface area (TPSA) is 78.9 Å². The zero-order valence-corrected chi connectivity index (χ0v) is 47.6. The predicted molar refractivity (Wildman–Crippen MR) is 316 cm³/mol. The molecular formula is C67H112O6. The molecule has 0 spiro atoms. The molecule has 0 heterocycles. The van der Waals surface area contributed by atoms with E-state index in [-0.39, 0.29) is 31.1 Å². The van der Waals surface area contributed by atoms with Gasteiger partial charge in [0.2, 0.25) is 0 Å². The van der Waals surface area contributed by atoms with Crippen molar-refractivity contribution < 1.29 is 28.6 Å². The normalized spacial score (nSPS) is 12.9. The Hall–Kier alpha value is -3.93. The fraction of sp³-hybridized carbons (Fsp3) is 0.687. The van der Waals surface area contributed by atoms with Crippen LogP contribution in [-0.2, 0) is 28.6 Å². The molecule has 0 aliphatic carbocycles. The zero-order valence-electron chi connectivity index (χ0n) is 47.6. The minimum absolute atomic E-state index is 0.0953. The highest BCUT2D eigenvalue weighted by molar-refractivity contribution is 5.71. The SMILES string of the molecule is CC/C=C\C/C=C\C/C=C\C/C=C\C/C=C\CCCCCCCC(=O)OCC(COC(=O)CCCCCCC/C=C\CCCCCC)OC(=O)CCCCCCCC/C=C\C/C=C\C/C=C\CCCCCCC. The number of esters is 3. The second kappa shape index (κ2) is 60.6. The molecule has 73 heavy (non-hydrogen) atoms. The molecule has 0 saturated carbocycles. The van der Waals surface area contributed by atoms with E-state index in [1.165, 1.54) is 89.9 Å². The summed E-state index contributed by atoms with van der Waals surface area (Å²) in [7, 11) is 0. The van der Waals surface area contributed by atoms with E-state index >= 15 is 0 Å². The second-order valence-electron chi connectivity index (χ2n) is 19.9. The Kier molecular flexibility index (Phi) is 57.4. The molecule has 6 heteroatoms. The summed E-state index contributed by atoms with van der Waals surface area (Å²) >= 11 is 0. The molecular weight excluding hydrogens is 901 g/mol. The zero-order chi connectivity index (χ0) is 52.9. The Bertz CT molecular complexity index is 1490. The van der Waals surface area contributed by atoms with Crippen LogP contribution in [0.25, 0.3) is 0 Å². The van der Waals surface area contributed by atoms with Gasteiger partial charge in [-0.3, -0.25) is 14.4 Å². The number of hydrogen-bond donors (Lipinski definition) is 0. The van der Waals surface area contributed by atoms with E-state index in [1.807, 2.05) is 0 Å². The van der Waals surface area contributed by atoms with E-state index in [2.05, 4.69) is 130 Å². The van der Waals surface area contributed by atoms with Crippen molar-refractivity contribution in [2.45, 2.75) is 284 Å². The summed E-state index contributed by atoms with van der Waals surface area (Å²) in [6, 6.07) is 0. The van der Waals surface area contributed by atoms with E-state index in [9.17, 15) is 14.4 Å². The molecule has 0 aromatic rings. The van der Waals surface area contributed by atoms with E-state index in [4.69, 9.17) is 14.2 Å². The molecule has 0 amide bonds. The number of ether oxygens (including phenoxy) is 3. The molecule has 0 N–H and O–H groups in total. The van der Waals surface area contributed by atoms with Crippen molar-refractivity contribution in [1.82, 2.24) is 0 Å². The van der Waals surface area contributed by atoms with Crippen molar-refractivity contribution in [3.05, 3.63) is 109 Å². The molecule has 0 saturated heterocycles. The Morgan fingerprint density at radius 1 is 0.288 bits per heavy atom. The maximum Gasteiger partial charge on any atom is 0.306 e. The van der Waals surface area contributed by atoms with Crippen molar-refractivity contribution >= 4 is 17.9 Å². The van der Waals surface area contributed by atoms with Crippen LogP contribution in [-0.4, -0.2) is 37.2 Å². The molecule has 1 unspecified atom stereocenters. The van der Waals surface area contributed by atoms with Crippen molar-refractivity contribution in [3.8, 4) is 0 Å². The Morgan fingerprint density at radius 3 is 0.863 bits per heavy atom.